The number of rotatable bonds is 20. The standard InChI is InChI=1S/C31H46N2O6S2/c1-2-3-4-5-6-7-8-9-10-11-12-13-14-15-16-24-30-32-27-21-19-23-29(41(37,38)39)31(27)33(30)25-26-20-17-18-22-28(26)40(34,35)36/h17-23H,2-16,24-25H2,1H3,(H,34,35,36)(H,37,38,39). The summed E-state index contributed by atoms with van der Waals surface area (Å²) in [6, 6.07) is 10.5. The number of aryl methyl sites for hydroxylation is 1. The van der Waals surface area contributed by atoms with Gasteiger partial charge < -0.3 is 4.57 Å². The van der Waals surface area contributed by atoms with E-state index in [9.17, 15) is 25.9 Å². The van der Waals surface area contributed by atoms with E-state index in [1.165, 1.54) is 101 Å². The Hall–Kier alpha value is -2.27. The zero-order chi connectivity index (χ0) is 29.7. The molecule has 0 amide bonds. The average Bonchev–Trinajstić information content (AvgIpc) is 3.27. The second kappa shape index (κ2) is 16.4. The molecule has 41 heavy (non-hydrogen) atoms. The Morgan fingerprint density at radius 2 is 1.12 bits per heavy atom. The molecule has 0 aliphatic carbocycles. The van der Waals surface area contributed by atoms with E-state index >= 15 is 0 Å². The average molecular weight is 607 g/mol. The van der Waals surface area contributed by atoms with Gasteiger partial charge >= 0.3 is 0 Å². The maximum atomic E-state index is 12.2. The number of benzene rings is 2. The molecule has 0 unspecified atom stereocenters. The molecule has 3 rings (SSSR count). The lowest BCUT2D eigenvalue weighted by atomic mass is 10.0. The van der Waals surface area contributed by atoms with Gasteiger partial charge in [-0.15, -0.1) is 0 Å². The van der Waals surface area contributed by atoms with Crippen molar-refractivity contribution in [3.8, 4) is 0 Å². The molecule has 1 aromatic heterocycles. The third kappa shape index (κ3) is 10.5. The van der Waals surface area contributed by atoms with E-state index in [0.29, 0.717) is 23.3 Å². The fraction of sp³-hybridized carbons (Fsp3) is 0.581. The van der Waals surface area contributed by atoms with E-state index in [4.69, 9.17) is 0 Å². The van der Waals surface area contributed by atoms with Gasteiger partial charge in [-0.1, -0.05) is 121 Å². The van der Waals surface area contributed by atoms with Crippen LogP contribution in [0.3, 0.4) is 0 Å². The maximum absolute atomic E-state index is 12.2. The minimum Gasteiger partial charge on any atom is -0.322 e. The van der Waals surface area contributed by atoms with Crippen molar-refractivity contribution in [3.05, 3.63) is 53.9 Å². The summed E-state index contributed by atoms with van der Waals surface area (Å²) < 4.78 is 69.6. The van der Waals surface area contributed by atoms with Crippen molar-refractivity contribution >= 4 is 31.3 Å². The molecule has 228 valence electrons. The third-order valence-electron chi connectivity index (χ3n) is 7.67. The molecule has 0 bridgehead atoms. The first-order valence-corrected chi connectivity index (χ1v) is 18.0. The number of para-hydroxylation sites is 1. The molecule has 1 heterocycles. The van der Waals surface area contributed by atoms with Crippen molar-refractivity contribution in [2.45, 2.75) is 126 Å². The number of aromatic nitrogens is 2. The number of unbranched alkanes of at least 4 members (excludes halogenated alkanes) is 14. The van der Waals surface area contributed by atoms with Gasteiger partial charge in [0.05, 0.1) is 22.5 Å². The Balaban J connectivity index is 1.56. The number of hydrogen-bond acceptors (Lipinski definition) is 5. The van der Waals surface area contributed by atoms with Gasteiger partial charge in [0.1, 0.15) is 10.7 Å². The lowest BCUT2D eigenvalue weighted by Gasteiger charge is -2.13. The lowest BCUT2D eigenvalue weighted by Crippen LogP contribution is -2.11. The first kappa shape index (κ1) is 33.2. The summed E-state index contributed by atoms with van der Waals surface area (Å²) in [5, 5.41) is 0. The molecular formula is C31H46N2O6S2. The molecule has 0 fully saturated rings. The molecule has 8 nitrogen and oxygen atoms in total. The normalized spacial score (nSPS) is 12.4. The summed E-state index contributed by atoms with van der Waals surface area (Å²) in [6.45, 7) is 2.23. The summed E-state index contributed by atoms with van der Waals surface area (Å²) >= 11 is 0. The van der Waals surface area contributed by atoms with Gasteiger partial charge in [-0.05, 0) is 30.2 Å². The molecule has 0 aliphatic rings. The second-order valence-corrected chi connectivity index (χ2v) is 13.8. The summed E-state index contributed by atoms with van der Waals surface area (Å²) in [7, 11) is -9.03. The van der Waals surface area contributed by atoms with Gasteiger partial charge in [-0.25, -0.2) is 4.98 Å². The van der Waals surface area contributed by atoms with E-state index < -0.39 is 20.2 Å². The van der Waals surface area contributed by atoms with Gasteiger partial charge in [0.2, 0.25) is 0 Å². The molecule has 0 atom stereocenters. The highest BCUT2D eigenvalue weighted by molar-refractivity contribution is 7.86. The lowest BCUT2D eigenvalue weighted by molar-refractivity contribution is 0.479. The summed E-state index contributed by atoms with van der Waals surface area (Å²) in [5.74, 6) is 0.607. The molecule has 10 heteroatoms. The van der Waals surface area contributed by atoms with Crippen LogP contribution in [-0.2, 0) is 33.2 Å². The molecule has 0 saturated heterocycles. The number of hydrogen-bond donors (Lipinski definition) is 2. The summed E-state index contributed by atoms with van der Waals surface area (Å²) in [4.78, 5) is 4.12. The SMILES string of the molecule is CCCCCCCCCCCCCCCCCc1nc2cccc(S(=O)(=O)O)c2n1Cc1ccccc1S(=O)(=O)O. The minimum atomic E-state index is -4.55. The van der Waals surface area contributed by atoms with Crippen LogP contribution in [-0.4, -0.2) is 35.5 Å². The van der Waals surface area contributed by atoms with Crippen molar-refractivity contribution in [1.29, 1.82) is 0 Å². The van der Waals surface area contributed by atoms with Crippen molar-refractivity contribution in [3.63, 3.8) is 0 Å². The molecular weight excluding hydrogens is 560 g/mol. The Kier molecular flexibility index (Phi) is 13.3. The van der Waals surface area contributed by atoms with Crippen molar-refractivity contribution in [2.24, 2.45) is 0 Å². The zero-order valence-electron chi connectivity index (χ0n) is 24.3. The predicted octanol–water partition coefficient (Wildman–Crippen LogP) is 7.99. The smallest absolute Gasteiger partial charge is 0.296 e. The van der Waals surface area contributed by atoms with Crippen LogP contribution < -0.4 is 0 Å². The van der Waals surface area contributed by atoms with Gasteiger partial charge in [-0.2, -0.15) is 16.8 Å². The predicted molar refractivity (Wildman–Crippen MR) is 164 cm³/mol. The molecule has 2 N–H and O–H groups in total. The molecule has 0 saturated carbocycles. The molecule has 0 radical (unpaired) electrons. The van der Waals surface area contributed by atoms with Gasteiger partial charge in [0.15, 0.2) is 0 Å². The topological polar surface area (TPSA) is 127 Å². The monoisotopic (exact) mass is 606 g/mol. The fourth-order valence-corrected chi connectivity index (χ4v) is 6.91. The number of imidazole rings is 1. The Labute approximate surface area is 246 Å². The van der Waals surface area contributed by atoms with Gasteiger partial charge in [0.25, 0.3) is 20.2 Å². The largest absolute Gasteiger partial charge is 0.322 e. The van der Waals surface area contributed by atoms with Crippen LogP contribution in [0.4, 0.5) is 0 Å². The molecule has 3 aromatic rings. The van der Waals surface area contributed by atoms with Gasteiger partial charge in [-0.3, -0.25) is 9.11 Å². The van der Waals surface area contributed by atoms with Crippen LogP contribution >= 0.6 is 0 Å². The highest BCUT2D eigenvalue weighted by Gasteiger charge is 2.23. The van der Waals surface area contributed by atoms with Crippen LogP contribution in [0.1, 0.15) is 115 Å². The first-order valence-electron chi connectivity index (χ1n) is 15.1. The van der Waals surface area contributed by atoms with Crippen molar-refractivity contribution < 1.29 is 25.9 Å². The highest BCUT2D eigenvalue weighted by Crippen LogP contribution is 2.28. The Morgan fingerprint density at radius 1 is 0.634 bits per heavy atom. The van der Waals surface area contributed by atoms with Crippen molar-refractivity contribution in [1.82, 2.24) is 9.55 Å². The number of fused-ring (bicyclic) bond motifs is 1. The number of nitrogens with zero attached hydrogens (tertiary/aromatic N) is 2. The summed E-state index contributed by atoms with van der Waals surface area (Å²) in [6.07, 6.45) is 19.4. The van der Waals surface area contributed by atoms with Crippen molar-refractivity contribution in [2.75, 3.05) is 0 Å². The molecule has 0 aliphatic heterocycles. The van der Waals surface area contributed by atoms with E-state index in [1.807, 2.05) is 0 Å². The molecule has 2 aromatic carbocycles. The maximum Gasteiger partial charge on any atom is 0.296 e. The molecule has 0 spiro atoms. The quantitative estimate of drug-likeness (QED) is 0.0985. The van der Waals surface area contributed by atoms with Crippen LogP contribution in [0.2, 0.25) is 0 Å². The Bertz CT molecular complexity index is 1450. The van der Waals surface area contributed by atoms with Crippen LogP contribution in [0, 0.1) is 0 Å². The van der Waals surface area contributed by atoms with Gasteiger partial charge in [0, 0.05) is 6.42 Å². The second-order valence-electron chi connectivity index (χ2n) is 11.0. The highest BCUT2D eigenvalue weighted by atomic mass is 32.2. The third-order valence-corrected chi connectivity index (χ3v) is 9.51. The first-order chi connectivity index (χ1) is 19.6. The Morgan fingerprint density at radius 3 is 1.66 bits per heavy atom. The van der Waals surface area contributed by atoms with Crippen LogP contribution in [0.5, 0.6) is 0 Å². The fourth-order valence-electron chi connectivity index (χ4n) is 5.48. The summed E-state index contributed by atoms with van der Waals surface area (Å²) in [5.41, 5.74) is 0.925. The van der Waals surface area contributed by atoms with E-state index in [2.05, 4.69) is 11.9 Å². The van der Waals surface area contributed by atoms with E-state index in [-0.39, 0.29) is 21.9 Å². The van der Waals surface area contributed by atoms with Crippen LogP contribution in [0.25, 0.3) is 11.0 Å². The van der Waals surface area contributed by atoms with E-state index in [0.717, 1.165) is 19.3 Å². The zero-order valence-corrected chi connectivity index (χ0v) is 25.9. The van der Waals surface area contributed by atoms with E-state index in [1.54, 1.807) is 22.8 Å². The minimum absolute atomic E-state index is 0.0208. The van der Waals surface area contributed by atoms with Crippen LogP contribution in [0.15, 0.2) is 52.3 Å².